The molecule has 2 bridgehead atoms. The molecule has 3 nitrogen and oxygen atoms in total. The molecule has 2 atom stereocenters. The number of aryl methyl sites for hydroxylation is 1. The number of hydrogen-bond donors (Lipinski definition) is 2. The van der Waals surface area contributed by atoms with Crippen LogP contribution in [0, 0.1) is 0 Å². The Hall–Kier alpha value is -1.06. The molecular weight excluding hydrogens is 308 g/mol. The number of amides is 1. The molecule has 4 heteroatoms. The van der Waals surface area contributed by atoms with Gasteiger partial charge in [0.05, 0.1) is 0 Å². The molecule has 128 valence electrons. The quantitative estimate of drug-likeness (QED) is 0.863. The summed E-state index contributed by atoms with van der Waals surface area (Å²) in [5.41, 5.74) is 2.61. The highest BCUT2D eigenvalue weighted by Crippen LogP contribution is 2.26. The van der Waals surface area contributed by atoms with Gasteiger partial charge in [-0.25, -0.2) is 0 Å². The third-order valence-electron chi connectivity index (χ3n) is 5.13. The van der Waals surface area contributed by atoms with Crippen molar-refractivity contribution < 1.29 is 4.79 Å². The number of carbonyl (C=O) groups is 1. The second-order valence-corrected chi connectivity index (χ2v) is 7.27. The van der Waals surface area contributed by atoms with E-state index in [9.17, 15) is 4.79 Å². The standard InChI is InChI=1S/C19H28N2O.ClH/c1-13(2)15-6-3-14(4-7-15)5-10-19(22)21-18-11-16-8-9-17(12-18)20-16;/h3-4,6-7,13,16-18,20H,5,8-12H2,1-2H3,(H,21,22);1H. The molecule has 2 heterocycles. The summed E-state index contributed by atoms with van der Waals surface area (Å²) in [6.45, 7) is 4.41. The SMILES string of the molecule is CC(C)c1ccc(CCC(=O)NC2CC3CCC(C2)N3)cc1.Cl. The lowest BCUT2D eigenvalue weighted by atomic mass is 9.99. The summed E-state index contributed by atoms with van der Waals surface area (Å²) in [5, 5.41) is 6.85. The molecule has 2 N–H and O–H groups in total. The number of benzene rings is 1. The van der Waals surface area contributed by atoms with E-state index in [0.717, 1.165) is 19.3 Å². The molecule has 1 aromatic rings. The van der Waals surface area contributed by atoms with Crippen LogP contribution in [0.5, 0.6) is 0 Å². The van der Waals surface area contributed by atoms with Crippen LogP contribution in [0.15, 0.2) is 24.3 Å². The third kappa shape index (κ3) is 4.95. The fraction of sp³-hybridized carbons (Fsp3) is 0.632. The van der Waals surface area contributed by atoms with E-state index in [1.807, 2.05) is 0 Å². The molecule has 0 aromatic heterocycles. The second kappa shape index (κ2) is 8.16. The highest BCUT2D eigenvalue weighted by atomic mass is 35.5. The average Bonchev–Trinajstić information content (AvgIpc) is 2.84. The molecule has 0 radical (unpaired) electrons. The Balaban J connectivity index is 0.00000192. The molecule has 1 amide bonds. The van der Waals surface area contributed by atoms with E-state index in [1.165, 1.54) is 24.0 Å². The van der Waals surface area contributed by atoms with Gasteiger partial charge < -0.3 is 10.6 Å². The van der Waals surface area contributed by atoms with Crippen LogP contribution in [0.4, 0.5) is 0 Å². The summed E-state index contributed by atoms with van der Waals surface area (Å²) < 4.78 is 0. The average molecular weight is 337 g/mol. The molecular formula is C19H29ClN2O. The summed E-state index contributed by atoms with van der Waals surface area (Å²) >= 11 is 0. The first-order valence-electron chi connectivity index (χ1n) is 8.74. The molecule has 0 spiro atoms. The van der Waals surface area contributed by atoms with E-state index in [0.29, 0.717) is 30.5 Å². The minimum absolute atomic E-state index is 0. The number of hydrogen-bond acceptors (Lipinski definition) is 2. The molecule has 0 aliphatic carbocycles. The van der Waals surface area contributed by atoms with Crippen molar-refractivity contribution in [2.24, 2.45) is 0 Å². The van der Waals surface area contributed by atoms with Gasteiger partial charge in [-0.1, -0.05) is 38.1 Å². The Labute approximate surface area is 146 Å². The van der Waals surface area contributed by atoms with Gasteiger partial charge in [-0.2, -0.15) is 0 Å². The lowest BCUT2D eigenvalue weighted by Crippen LogP contribution is -2.48. The van der Waals surface area contributed by atoms with Crippen molar-refractivity contribution in [1.29, 1.82) is 0 Å². The number of halogens is 1. The van der Waals surface area contributed by atoms with Crippen LogP contribution in [0.2, 0.25) is 0 Å². The summed E-state index contributed by atoms with van der Waals surface area (Å²) in [4.78, 5) is 12.2. The lowest BCUT2D eigenvalue weighted by Gasteiger charge is -2.29. The monoisotopic (exact) mass is 336 g/mol. The number of nitrogens with one attached hydrogen (secondary N) is 2. The zero-order valence-electron chi connectivity index (χ0n) is 14.2. The second-order valence-electron chi connectivity index (χ2n) is 7.27. The zero-order chi connectivity index (χ0) is 15.5. The summed E-state index contributed by atoms with van der Waals surface area (Å²) in [7, 11) is 0. The highest BCUT2D eigenvalue weighted by molar-refractivity contribution is 5.85. The molecule has 3 rings (SSSR count). The van der Waals surface area contributed by atoms with Crippen molar-refractivity contribution in [3.8, 4) is 0 Å². The van der Waals surface area contributed by atoms with Crippen LogP contribution < -0.4 is 10.6 Å². The van der Waals surface area contributed by atoms with Crippen LogP contribution in [0.3, 0.4) is 0 Å². The van der Waals surface area contributed by atoms with Crippen LogP contribution in [-0.4, -0.2) is 24.0 Å². The fourth-order valence-electron chi connectivity index (χ4n) is 3.80. The predicted octanol–water partition coefficient (Wildman–Crippen LogP) is 3.56. The maximum absolute atomic E-state index is 12.2. The highest BCUT2D eigenvalue weighted by Gasteiger charge is 2.33. The van der Waals surface area contributed by atoms with Gasteiger partial charge in [0.15, 0.2) is 0 Å². The van der Waals surface area contributed by atoms with Crippen LogP contribution in [-0.2, 0) is 11.2 Å². The Kier molecular flexibility index (Phi) is 6.49. The first-order chi connectivity index (χ1) is 10.6. The molecule has 2 saturated heterocycles. The smallest absolute Gasteiger partial charge is 0.220 e. The van der Waals surface area contributed by atoms with Gasteiger partial charge in [0.25, 0.3) is 0 Å². The van der Waals surface area contributed by atoms with Gasteiger partial charge in [-0.05, 0) is 49.1 Å². The van der Waals surface area contributed by atoms with Crippen LogP contribution in [0.1, 0.15) is 63.0 Å². The molecule has 2 unspecified atom stereocenters. The molecule has 0 saturated carbocycles. The Morgan fingerprint density at radius 3 is 2.35 bits per heavy atom. The predicted molar refractivity (Wildman–Crippen MR) is 97.2 cm³/mol. The summed E-state index contributed by atoms with van der Waals surface area (Å²) in [5.74, 6) is 0.770. The van der Waals surface area contributed by atoms with E-state index < -0.39 is 0 Å². The molecule has 2 aliphatic heterocycles. The van der Waals surface area contributed by atoms with Gasteiger partial charge in [-0.3, -0.25) is 4.79 Å². The first-order valence-corrected chi connectivity index (χ1v) is 8.74. The fourth-order valence-corrected chi connectivity index (χ4v) is 3.80. The van der Waals surface area contributed by atoms with Crippen molar-refractivity contribution >= 4 is 18.3 Å². The lowest BCUT2D eigenvalue weighted by molar-refractivity contribution is -0.122. The summed E-state index contributed by atoms with van der Waals surface area (Å²) in [6.07, 6.45) is 6.19. The molecule has 1 aromatic carbocycles. The first kappa shape index (κ1) is 18.3. The van der Waals surface area contributed by atoms with E-state index in [4.69, 9.17) is 0 Å². The van der Waals surface area contributed by atoms with E-state index in [2.05, 4.69) is 48.7 Å². The van der Waals surface area contributed by atoms with E-state index >= 15 is 0 Å². The normalized spacial score (nSPS) is 26.0. The largest absolute Gasteiger partial charge is 0.353 e. The minimum atomic E-state index is 0. The zero-order valence-corrected chi connectivity index (χ0v) is 15.0. The van der Waals surface area contributed by atoms with E-state index in [-0.39, 0.29) is 18.3 Å². The maximum Gasteiger partial charge on any atom is 0.220 e. The number of fused-ring (bicyclic) bond motifs is 2. The van der Waals surface area contributed by atoms with Gasteiger partial charge >= 0.3 is 0 Å². The minimum Gasteiger partial charge on any atom is -0.353 e. The van der Waals surface area contributed by atoms with Gasteiger partial charge in [-0.15, -0.1) is 12.4 Å². The Morgan fingerprint density at radius 2 is 1.78 bits per heavy atom. The number of carbonyl (C=O) groups excluding carboxylic acids is 1. The molecule has 2 aliphatic rings. The van der Waals surface area contributed by atoms with Gasteiger partial charge in [0, 0.05) is 24.5 Å². The van der Waals surface area contributed by atoms with Crippen molar-refractivity contribution in [2.45, 2.75) is 76.4 Å². The van der Waals surface area contributed by atoms with Crippen molar-refractivity contribution in [2.75, 3.05) is 0 Å². The topological polar surface area (TPSA) is 41.1 Å². The number of piperidine rings is 1. The van der Waals surface area contributed by atoms with Crippen molar-refractivity contribution in [1.82, 2.24) is 10.6 Å². The summed E-state index contributed by atoms with van der Waals surface area (Å²) in [6, 6.07) is 10.3. The van der Waals surface area contributed by atoms with Gasteiger partial charge in [0.2, 0.25) is 5.91 Å². The molecule has 23 heavy (non-hydrogen) atoms. The van der Waals surface area contributed by atoms with Crippen molar-refractivity contribution in [3.63, 3.8) is 0 Å². The third-order valence-corrected chi connectivity index (χ3v) is 5.13. The molecule has 2 fully saturated rings. The number of rotatable bonds is 5. The Bertz CT molecular complexity index is 503. The van der Waals surface area contributed by atoms with Crippen LogP contribution in [0.25, 0.3) is 0 Å². The van der Waals surface area contributed by atoms with Crippen LogP contribution >= 0.6 is 12.4 Å². The van der Waals surface area contributed by atoms with Crippen molar-refractivity contribution in [3.05, 3.63) is 35.4 Å². The van der Waals surface area contributed by atoms with E-state index in [1.54, 1.807) is 0 Å². The van der Waals surface area contributed by atoms with Gasteiger partial charge in [0.1, 0.15) is 0 Å². The maximum atomic E-state index is 12.2. The Morgan fingerprint density at radius 1 is 1.17 bits per heavy atom.